The molecule has 5 heteroatoms. The number of hydrogen-bond acceptors (Lipinski definition) is 2. The molecule has 24 heavy (non-hydrogen) atoms. The van der Waals surface area contributed by atoms with E-state index in [-0.39, 0.29) is 24.3 Å². The van der Waals surface area contributed by atoms with Crippen LogP contribution < -0.4 is 10.6 Å². The second kappa shape index (κ2) is 11.1. The van der Waals surface area contributed by atoms with E-state index in [9.17, 15) is 9.59 Å². The molecule has 0 aliphatic carbocycles. The smallest absolute Gasteiger partial charge is 0.243 e. The summed E-state index contributed by atoms with van der Waals surface area (Å²) in [5.41, 5.74) is 1.59. The molecule has 2 amide bonds. The monoisotopic (exact) mass is 352 g/mol. The van der Waals surface area contributed by atoms with Gasteiger partial charge in [0.15, 0.2) is 0 Å². The zero-order valence-corrected chi connectivity index (χ0v) is 15.7. The van der Waals surface area contributed by atoms with E-state index in [1.54, 1.807) is 12.1 Å². The number of nitrogens with one attached hydrogen (secondary N) is 2. The Morgan fingerprint density at radius 3 is 2.54 bits per heavy atom. The van der Waals surface area contributed by atoms with Crippen LogP contribution in [0.4, 0.5) is 5.69 Å². The van der Waals surface area contributed by atoms with Gasteiger partial charge in [-0.25, -0.2) is 0 Å². The quantitative estimate of drug-likeness (QED) is 0.599. The minimum Gasteiger partial charge on any atom is -0.347 e. The summed E-state index contributed by atoms with van der Waals surface area (Å²) in [5.74, 6) is -0.327. The van der Waals surface area contributed by atoms with Crippen molar-refractivity contribution in [3.8, 4) is 0 Å². The van der Waals surface area contributed by atoms with Crippen molar-refractivity contribution in [2.45, 2.75) is 59.3 Å². The van der Waals surface area contributed by atoms with Crippen molar-refractivity contribution in [2.75, 3.05) is 11.9 Å². The normalized spacial score (nSPS) is 11.8. The predicted molar refractivity (Wildman–Crippen MR) is 100 cm³/mol. The average molecular weight is 353 g/mol. The Labute approximate surface area is 150 Å². The summed E-state index contributed by atoms with van der Waals surface area (Å²) >= 11 is 6.09. The number of hydrogen-bond donors (Lipinski definition) is 2. The Hall–Kier alpha value is -1.55. The molecule has 1 unspecified atom stereocenters. The van der Waals surface area contributed by atoms with Crippen molar-refractivity contribution in [1.82, 2.24) is 5.32 Å². The molecule has 1 atom stereocenters. The van der Waals surface area contributed by atoms with Crippen LogP contribution in [0.25, 0.3) is 0 Å². The first-order chi connectivity index (χ1) is 11.5. The van der Waals surface area contributed by atoms with Gasteiger partial charge in [-0.1, -0.05) is 57.2 Å². The lowest BCUT2D eigenvalue weighted by Gasteiger charge is -2.15. The number of carbonyl (C=O) groups excluding carboxylic acids is 2. The zero-order chi connectivity index (χ0) is 17.9. The molecule has 0 saturated carbocycles. The van der Waals surface area contributed by atoms with Gasteiger partial charge in [0.2, 0.25) is 11.8 Å². The molecule has 4 nitrogen and oxygen atoms in total. The fourth-order valence-corrected chi connectivity index (χ4v) is 2.85. The minimum atomic E-state index is -0.269. The van der Waals surface area contributed by atoms with Gasteiger partial charge in [-0.2, -0.15) is 0 Å². The molecule has 1 aromatic rings. The van der Waals surface area contributed by atoms with Gasteiger partial charge in [0.05, 0.1) is 17.3 Å². The molecule has 0 aromatic heterocycles. The van der Waals surface area contributed by atoms with E-state index in [1.807, 2.05) is 19.9 Å². The van der Waals surface area contributed by atoms with Crippen LogP contribution >= 0.6 is 11.6 Å². The summed E-state index contributed by atoms with van der Waals surface area (Å²) < 4.78 is 0. The second-order valence-corrected chi connectivity index (χ2v) is 6.61. The number of unbranched alkanes of at least 4 members (excludes halogenated alkanes) is 3. The van der Waals surface area contributed by atoms with Crippen LogP contribution in [0.3, 0.4) is 0 Å². The summed E-state index contributed by atoms with van der Waals surface area (Å²) in [7, 11) is 0. The van der Waals surface area contributed by atoms with Gasteiger partial charge in [0.1, 0.15) is 0 Å². The van der Waals surface area contributed by atoms with Gasteiger partial charge in [-0.3, -0.25) is 9.59 Å². The van der Waals surface area contributed by atoms with E-state index in [4.69, 9.17) is 11.6 Å². The molecule has 1 aromatic carbocycles. The molecule has 1 rings (SSSR count). The first-order valence-corrected chi connectivity index (χ1v) is 9.19. The Morgan fingerprint density at radius 1 is 1.17 bits per heavy atom. The number of benzene rings is 1. The fourth-order valence-electron chi connectivity index (χ4n) is 2.57. The largest absolute Gasteiger partial charge is 0.347 e. The summed E-state index contributed by atoms with van der Waals surface area (Å²) in [4.78, 5) is 24.2. The highest BCUT2D eigenvalue weighted by atomic mass is 35.5. The van der Waals surface area contributed by atoms with Gasteiger partial charge in [-0.15, -0.1) is 0 Å². The molecule has 0 bridgehead atoms. The molecular formula is C19H29ClN2O2. The van der Waals surface area contributed by atoms with Gasteiger partial charge < -0.3 is 10.6 Å². The standard InChI is InChI=1S/C19H29ClN2O2/c1-4-6-7-8-9-15(5-2)19(24)21-13-18(23)22-17-11-10-14(3)12-16(17)20/h10-12,15H,4-9,13H2,1-3H3,(H,21,24)(H,22,23). The van der Waals surface area contributed by atoms with Crippen molar-refractivity contribution in [1.29, 1.82) is 0 Å². The van der Waals surface area contributed by atoms with Crippen LogP contribution in [0.5, 0.6) is 0 Å². The Morgan fingerprint density at radius 2 is 1.92 bits per heavy atom. The molecule has 0 aliphatic rings. The predicted octanol–water partition coefficient (Wildman–Crippen LogP) is 4.70. The van der Waals surface area contributed by atoms with E-state index in [2.05, 4.69) is 17.6 Å². The highest BCUT2D eigenvalue weighted by molar-refractivity contribution is 6.33. The maximum atomic E-state index is 12.2. The molecular weight excluding hydrogens is 324 g/mol. The maximum absolute atomic E-state index is 12.2. The van der Waals surface area contributed by atoms with E-state index >= 15 is 0 Å². The molecule has 0 saturated heterocycles. The highest BCUT2D eigenvalue weighted by Gasteiger charge is 2.16. The van der Waals surface area contributed by atoms with Crippen molar-refractivity contribution < 1.29 is 9.59 Å². The highest BCUT2D eigenvalue weighted by Crippen LogP contribution is 2.22. The van der Waals surface area contributed by atoms with Gasteiger partial charge in [0, 0.05) is 5.92 Å². The maximum Gasteiger partial charge on any atom is 0.243 e. The summed E-state index contributed by atoms with van der Waals surface area (Å²) in [6.45, 7) is 6.08. The van der Waals surface area contributed by atoms with Gasteiger partial charge >= 0.3 is 0 Å². The first-order valence-electron chi connectivity index (χ1n) is 8.81. The van der Waals surface area contributed by atoms with Crippen LogP contribution in [0.2, 0.25) is 5.02 Å². The van der Waals surface area contributed by atoms with E-state index in [0.717, 1.165) is 31.2 Å². The lowest BCUT2D eigenvalue weighted by atomic mass is 9.97. The number of carbonyl (C=O) groups is 2. The topological polar surface area (TPSA) is 58.2 Å². The lowest BCUT2D eigenvalue weighted by molar-refractivity contribution is -0.127. The second-order valence-electron chi connectivity index (χ2n) is 6.20. The summed E-state index contributed by atoms with van der Waals surface area (Å²) in [6.07, 6.45) is 6.29. The molecule has 0 heterocycles. The van der Waals surface area contributed by atoms with Crippen LogP contribution in [-0.4, -0.2) is 18.4 Å². The number of anilines is 1. The molecule has 0 spiro atoms. The molecule has 134 valence electrons. The lowest BCUT2D eigenvalue weighted by Crippen LogP contribution is -2.36. The van der Waals surface area contributed by atoms with Gasteiger partial charge in [-0.05, 0) is 37.5 Å². The van der Waals surface area contributed by atoms with Crippen molar-refractivity contribution in [3.63, 3.8) is 0 Å². The van der Waals surface area contributed by atoms with E-state index in [1.165, 1.54) is 12.8 Å². The molecule has 0 fully saturated rings. The Bertz CT molecular complexity index is 546. The fraction of sp³-hybridized carbons (Fsp3) is 0.579. The number of halogens is 1. The van der Waals surface area contributed by atoms with Crippen LogP contribution in [0.15, 0.2) is 18.2 Å². The van der Waals surface area contributed by atoms with Crippen molar-refractivity contribution in [2.24, 2.45) is 5.92 Å². The Balaban J connectivity index is 2.40. The summed E-state index contributed by atoms with van der Waals surface area (Å²) in [5, 5.41) is 5.95. The van der Waals surface area contributed by atoms with Crippen LogP contribution in [0.1, 0.15) is 57.9 Å². The number of amides is 2. The van der Waals surface area contributed by atoms with Crippen molar-refractivity contribution in [3.05, 3.63) is 28.8 Å². The van der Waals surface area contributed by atoms with E-state index in [0.29, 0.717) is 10.7 Å². The third kappa shape index (κ3) is 7.35. The van der Waals surface area contributed by atoms with Gasteiger partial charge in [0.25, 0.3) is 0 Å². The van der Waals surface area contributed by atoms with E-state index < -0.39 is 0 Å². The first kappa shape index (κ1) is 20.5. The average Bonchev–Trinajstić information content (AvgIpc) is 2.55. The third-order valence-corrected chi connectivity index (χ3v) is 4.40. The minimum absolute atomic E-state index is 0.0161. The van der Waals surface area contributed by atoms with Crippen LogP contribution in [0, 0.1) is 12.8 Å². The molecule has 0 aliphatic heterocycles. The molecule has 0 radical (unpaired) electrons. The molecule has 2 N–H and O–H groups in total. The summed E-state index contributed by atoms with van der Waals surface area (Å²) in [6, 6.07) is 5.43. The SMILES string of the molecule is CCCCCCC(CC)C(=O)NCC(=O)Nc1ccc(C)cc1Cl. The zero-order valence-electron chi connectivity index (χ0n) is 15.0. The van der Waals surface area contributed by atoms with Crippen LogP contribution in [-0.2, 0) is 9.59 Å². The third-order valence-electron chi connectivity index (χ3n) is 4.09. The van der Waals surface area contributed by atoms with Crippen molar-refractivity contribution >= 4 is 29.1 Å². The number of rotatable bonds is 10. The number of aryl methyl sites for hydroxylation is 1. The Kier molecular flexibility index (Phi) is 9.46.